The van der Waals surface area contributed by atoms with Crippen LogP contribution in [-0.4, -0.2) is 62.1 Å². The van der Waals surface area contributed by atoms with Gasteiger partial charge in [-0.2, -0.15) is 17.6 Å². The minimum Gasteiger partial charge on any atom is -0.381 e. The van der Waals surface area contributed by atoms with Crippen LogP contribution in [0.2, 0.25) is 0 Å². The zero-order valence-corrected chi connectivity index (χ0v) is 14.3. The van der Waals surface area contributed by atoms with E-state index in [9.17, 15) is 61.5 Å². The molecule has 2 atom stereocenters. The van der Waals surface area contributed by atoms with Crippen molar-refractivity contribution in [1.29, 1.82) is 0 Å². The topological polar surface area (TPSA) is 9.23 Å². The standard InChI is InChI=1S/C14H16F14O/c15-7(13(25,26)9(17)18)11(21,22)3-1-5-29-6-2-4-12(23,24)8(16)14(27,28)10(19)20/h7-10H,1-6H2. The Kier molecular flexibility index (Phi) is 9.97. The van der Waals surface area contributed by atoms with Gasteiger partial charge in [0.05, 0.1) is 0 Å². The van der Waals surface area contributed by atoms with Crippen LogP contribution in [0.3, 0.4) is 0 Å². The maximum atomic E-state index is 13.2. The summed E-state index contributed by atoms with van der Waals surface area (Å²) in [4.78, 5) is 0. The normalized spacial score (nSPS) is 16.6. The molecular formula is C14H16F14O. The highest BCUT2D eigenvalue weighted by atomic mass is 19.3. The number of rotatable bonds is 14. The quantitative estimate of drug-likeness (QED) is 0.215. The highest BCUT2D eigenvalue weighted by Gasteiger charge is 2.61. The van der Waals surface area contributed by atoms with Crippen LogP contribution in [0.1, 0.15) is 25.7 Å². The predicted octanol–water partition coefficient (Wildman–Crippen LogP) is 6.31. The van der Waals surface area contributed by atoms with Gasteiger partial charge in [0.2, 0.25) is 12.3 Å². The Hall–Kier alpha value is -1.02. The second kappa shape index (κ2) is 10.3. The Morgan fingerprint density at radius 2 is 0.793 bits per heavy atom. The van der Waals surface area contributed by atoms with Crippen LogP contribution < -0.4 is 0 Å². The molecule has 0 radical (unpaired) electrons. The van der Waals surface area contributed by atoms with Crippen molar-refractivity contribution >= 4 is 0 Å². The van der Waals surface area contributed by atoms with Crippen molar-refractivity contribution < 1.29 is 66.2 Å². The molecule has 0 rings (SSSR count). The van der Waals surface area contributed by atoms with Crippen molar-refractivity contribution in [2.75, 3.05) is 13.2 Å². The first-order valence-electron chi connectivity index (χ1n) is 7.84. The van der Waals surface area contributed by atoms with E-state index in [0.29, 0.717) is 0 Å². The number of hydrogen-bond donors (Lipinski definition) is 0. The van der Waals surface area contributed by atoms with Crippen molar-refractivity contribution in [1.82, 2.24) is 0 Å². The van der Waals surface area contributed by atoms with E-state index < -0.39 is 87.8 Å². The molecule has 0 heterocycles. The van der Waals surface area contributed by atoms with E-state index in [2.05, 4.69) is 4.74 Å². The van der Waals surface area contributed by atoms with E-state index in [4.69, 9.17) is 0 Å². The molecule has 0 saturated heterocycles. The first-order valence-corrected chi connectivity index (χ1v) is 7.84. The zero-order valence-electron chi connectivity index (χ0n) is 14.3. The first kappa shape index (κ1) is 28.0. The second-order valence-electron chi connectivity index (χ2n) is 6.02. The molecule has 0 aromatic rings. The molecule has 0 aliphatic heterocycles. The van der Waals surface area contributed by atoms with E-state index in [-0.39, 0.29) is 0 Å². The Morgan fingerprint density at radius 1 is 0.517 bits per heavy atom. The summed E-state index contributed by atoms with van der Waals surface area (Å²) in [6.07, 6.45) is -23.4. The van der Waals surface area contributed by atoms with Crippen molar-refractivity contribution in [3.8, 4) is 0 Å². The van der Waals surface area contributed by atoms with Crippen molar-refractivity contribution in [3.63, 3.8) is 0 Å². The maximum Gasteiger partial charge on any atom is 0.343 e. The molecule has 0 bridgehead atoms. The van der Waals surface area contributed by atoms with E-state index >= 15 is 0 Å². The average molecular weight is 466 g/mol. The fourth-order valence-electron chi connectivity index (χ4n) is 1.96. The molecule has 176 valence electrons. The van der Waals surface area contributed by atoms with Gasteiger partial charge in [0.15, 0.2) is 0 Å². The Labute approximate surface area is 155 Å². The molecular weight excluding hydrogens is 450 g/mol. The van der Waals surface area contributed by atoms with Crippen molar-refractivity contribution in [2.24, 2.45) is 0 Å². The molecule has 0 spiro atoms. The van der Waals surface area contributed by atoms with E-state index in [1.165, 1.54) is 0 Å². The van der Waals surface area contributed by atoms with Crippen LogP contribution in [0.15, 0.2) is 0 Å². The lowest BCUT2D eigenvalue weighted by Gasteiger charge is -2.27. The highest BCUT2D eigenvalue weighted by Crippen LogP contribution is 2.41. The summed E-state index contributed by atoms with van der Waals surface area (Å²) < 4.78 is 181. The monoisotopic (exact) mass is 466 g/mol. The van der Waals surface area contributed by atoms with Gasteiger partial charge in [0, 0.05) is 26.1 Å². The van der Waals surface area contributed by atoms with Gasteiger partial charge in [-0.25, -0.2) is 43.9 Å². The van der Waals surface area contributed by atoms with Gasteiger partial charge < -0.3 is 4.74 Å². The summed E-state index contributed by atoms with van der Waals surface area (Å²) >= 11 is 0. The van der Waals surface area contributed by atoms with Crippen LogP contribution in [0.4, 0.5) is 61.5 Å². The van der Waals surface area contributed by atoms with E-state index in [1.54, 1.807) is 0 Å². The lowest BCUT2D eigenvalue weighted by Crippen LogP contribution is -2.48. The second-order valence-corrected chi connectivity index (χ2v) is 6.02. The van der Waals surface area contributed by atoms with E-state index in [0.717, 1.165) is 0 Å². The van der Waals surface area contributed by atoms with Gasteiger partial charge in [-0.3, -0.25) is 0 Å². The molecule has 29 heavy (non-hydrogen) atoms. The molecule has 0 N–H and O–H groups in total. The number of hydrogen-bond acceptors (Lipinski definition) is 1. The summed E-state index contributed by atoms with van der Waals surface area (Å²) in [5.41, 5.74) is 0. The smallest absolute Gasteiger partial charge is 0.343 e. The minimum absolute atomic E-state index is 0.777. The van der Waals surface area contributed by atoms with Crippen LogP contribution in [0.5, 0.6) is 0 Å². The van der Waals surface area contributed by atoms with Crippen LogP contribution in [0, 0.1) is 0 Å². The van der Waals surface area contributed by atoms with Crippen molar-refractivity contribution in [2.45, 2.75) is 74.6 Å². The molecule has 0 aliphatic carbocycles. The Morgan fingerprint density at radius 3 is 1.03 bits per heavy atom. The largest absolute Gasteiger partial charge is 0.381 e. The highest BCUT2D eigenvalue weighted by molar-refractivity contribution is 4.91. The fraction of sp³-hybridized carbons (Fsp3) is 1.00. The molecule has 2 unspecified atom stereocenters. The summed E-state index contributed by atoms with van der Waals surface area (Å²) in [5, 5.41) is 0. The SMILES string of the molecule is FC(F)C(F)(F)C(F)C(F)(F)CCCOCCCC(F)(F)C(F)C(F)(F)C(F)F. The van der Waals surface area contributed by atoms with Gasteiger partial charge in [-0.05, 0) is 12.8 Å². The maximum absolute atomic E-state index is 13.2. The third-order valence-electron chi connectivity index (χ3n) is 3.60. The van der Waals surface area contributed by atoms with Gasteiger partial charge in [-0.15, -0.1) is 0 Å². The van der Waals surface area contributed by atoms with Gasteiger partial charge in [0.25, 0.3) is 11.8 Å². The summed E-state index contributed by atoms with van der Waals surface area (Å²) in [5.74, 6) is -20.9. The number of ether oxygens (including phenoxy) is 1. The molecule has 0 aromatic carbocycles. The zero-order chi connectivity index (χ0) is 23.3. The lowest BCUT2D eigenvalue weighted by molar-refractivity contribution is -0.233. The Balaban J connectivity index is 4.32. The van der Waals surface area contributed by atoms with Gasteiger partial charge in [-0.1, -0.05) is 0 Å². The van der Waals surface area contributed by atoms with Crippen molar-refractivity contribution in [3.05, 3.63) is 0 Å². The lowest BCUT2D eigenvalue weighted by atomic mass is 10.0. The number of halogens is 14. The molecule has 15 heteroatoms. The first-order chi connectivity index (χ1) is 12.9. The fourth-order valence-corrected chi connectivity index (χ4v) is 1.96. The van der Waals surface area contributed by atoms with Gasteiger partial charge in [0.1, 0.15) is 0 Å². The molecule has 0 saturated carbocycles. The van der Waals surface area contributed by atoms with Gasteiger partial charge >= 0.3 is 24.7 Å². The average Bonchev–Trinajstić information content (AvgIpc) is 2.58. The summed E-state index contributed by atoms with van der Waals surface area (Å²) in [6.45, 7) is -1.55. The molecule has 0 aliphatic rings. The summed E-state index contributed by atoms with van der Waals surface area (Å²) in [6, 6.07) is 0. The number of alkyl halides is 14. The predicted molar refractivity (Wildman–Crippen MR) is 70.9 cm³/mol. The van der Waals surface area contributed by atoms with Crippen LogP contribution >= 0.6 is 0 Å². The Bertz CT molecular complexity index is 439. The van der Waals surface area contributed by atoms with Crippen LogP contribution in [-0.2, 0) is 4.74 Å². The molecule has 0 amide bonds. The van der Waals surface area contributed by atoms with Crippen LogP contribution in [0.25, 0.3) is 0 Å². The van der Waals surface area contributed by atoms with E-state index in [1.807, 2.05) is 0 Å². The third-order valence-corrected chi connectivity index (χ3v) is 3.60. The summed E-state index contributed by atoms with van der Waals surface area (Å²) in [7, 11) is 0. The molecule has 0 aromatic heterocycles. The molecule has 1 nitrogen and oxygen atoms in total. The third kappa shape index (κ3) is 7.63. The minimum atomic E-state index is -5.61. The molecule has 0 fully saturated rings.